The molecular formula is C13H16ClN3O. The molecule has 1 N–H and O–H groups in total. The van der Waals surface area contributed by atoms with Crippen LogP contribution in [0.5, 0.6) is 0 Å². The zero-order valence-corrected chi connectivity index (χ0v) is 11.1. The van der Waals surface area contributed by atoms with E-state index < -0.39 is 0 Å². The van der Waals surface area contributed by atoms with Gasteiger partial charge in [0, 0.05) is 19.6 Å². The van der Waals surface area contributed by atoms with Crippen LogP contribution in [0.4, 0.5) is 5.69 Å². The molecule has 1 aromatic carbocycles. The van der Waals surface area contributed by atoms with Crippen molar-refractivity contribution in [1.82, 2.24) is 4.90 Å². The zero-order chi connectivity index (χ0) is 13.1. The first-order chi connectivity index (χ1) is 8.65. The summed E-state index contributed by atoms with van der Waals surface area (Å²) in [7, 11) is 2.01. The molecular weight excluding hydrogens is 250 g/mol. The van der Waals surface area contributed by atoms with E-state index in [0.717, 1.165) is 25.3 Å². The monoisotopic (exact) mass is 265 g/mol. The van der Waals surface area contributed by atoms with E-state index in [9.17, 15) is 5.11 Å². The molecule has 4 nitrogen and oxygen atoms in total. The summed E-state index contributed by atoms with van der Waals surface area (Å²) in [5.41, 5.74) is 1.48. The molecule has 0 spiro atoms. The van der Waals surface area contributed by atoms with Crippen molar-refractivity contribution in [2.75, 3.05) is 38.2 Å². The first-order valence-electron chi connectivity index (χ1n) is 5.91. The summed E-state index contributed by atoms with van der Waals surface area (Å²) in [4.78, 5) is 4.27. The molecule has 0 amide bonds. The molecule has 2 rings (SSSR count). The second kappa shape index (κ2) is 5.57. The lowest BCUT2D eigenvalue weighted by molar-refractivity contribution is 0.135. The second-order valence-electron chi connectivity index (χ2n) is 4.54. The molecule has 0 saturated carbocycles. The predicted octanol–water partition coefficient (Wildman–Crippen LogP) is 1.32. The Morgan fingerprint density at radius 3 is 2.94 bits per heavy atom. The number of nitrogens with zero attached hydrogens (tertiary/aromatic N) is 3. The van der Waals surface area contributed by atoms with Crippen LogP contribution in [0.15, 0.2) is 18.2 Å². The van der Waals surface area contributed by atoms with Gasteiger partial charge >= 0.3 is 0 Å². The second-order valence-corrected chi connectivity index (χ2v) is 4.95. The number of aliphatic hydroxyl groups is 1. The van der Waals surface area contributed by atoms with Crippen LogP contribution in [0.25, 0.3) is 0 Å². The number of piperazine rings is 1. The molecule has 0 bridgehead atoms. The highest BCUT2D eigenvalue weighted by molar-refractivity contribution is 6.33. The van der Waals surface area contributed by atoms with E-state index in [2.05, 4.69) is 15.9 Å². The number of halogens is 1. The van der Waals surface area contributed by atoms with E-state index in [0.29, 0.717) is 10.6 Å². The van der Waals surface area contributed by atoms with Crippen LogP contribution in [-0.2, 0) is 0 Å². The van der Waals surface area contributed by atoms with Gasteiger partial charge in [0.2, 0.25) is 0 Å². The molecule has 0 aromatic heterocycles. The Balaban J connectivity index is 2.24. The van der Waals surface area contributed by atoms with E-state index in [4.69, 9.17) is 16.9 Å². The van der Waals surface area contributed by atoms with Crippen molar-refractivity contribution < 1.29 is 5.11 Å². The van der Waals surface area contributed by atoms with Gasteiger partial charge in [0.1, 0.15) is 0 Å². The Morgan fingerprint density at radius 2 is 2.28 bits per heavy atom. The van der Waals surface area contributed by atoms with Crippen LogP contribution < -0.4 is 4.90 Å². The SMILES string of the molecule is CN1CCN(c2cc(C#N)ccc2Cl)CC1CO. The summed E-state index contributed by atoms with van der Waals surface area (Å²) < 4.78 is 0. The fraction of sp³-hybridized carbons (Fsp3) is 0.462. The van der Waals surface area contributed by atoms with Crippen molar-refractivity contribution in [3.63, 3.8) is 0 Å². The number of nitriles is 1. The number of aliphatic hydroxyl groups excluding tert-OH is 1. The first kappa shape index (κ1) is 13.2. The fourth-order valence-electron chi connectivity index (χ4n) is 2.19. The highest BCUT2D eigenvalue weighted by Gasteiger charge is 2.24. The molecule has 1 aliphatic rings. The third kappa shape index (κ3) is 2.59. The Bertz CT molecular complexity index is 472. The molecule has 18 heavy (non-hydrogen) atoms. The van der Waals surface area contributed by atoms with Gasteiger partial charge in [-0.2, -0.15) is 5.26 Å². The van der Waals surface area contributed by atoms with Gasteiger partial charge in [0.15, 0.2) is 0 Å². The van der Waals surface area contributed by atoms with E-state index in [1.807, 2.05) is 13.1 Å². The minimum Gasteiger partial charge on any atom is -0.395 e. The van der Waals surface area contributed by atoms with Gasteiger partial charge in [-0.15, -0.1) is 0 Å². The van der Waals surface area contributed by atoms with Gasteiger partial charge < -0.3 is 10.0 Å². The molecule has 96 valence electrons. The van der Waals surface area contributed by atoms with Crippen molar-refractivity contribution in [3.8, 4) is 6.07 Å². The summed E-state index contributed by atoms with van der Waals surface area (Å²) in [5, 5.41) is 18.9. The number of hydrogen-bond donors (Lipinski definition) is 1. The summed E-state index contributed by atoms with van der Waals surface area (Å²) in [6, 6.07) is 7.51. The molecule has 1 unspecified atom stereocenters. The lowest BCUT2D eigenvalue weighted by atomic mass is 10.1. The zero-order valence-electron chi connectivity index (χ0n) is 10.3. The molecule has 1 heterocycles. The molecule has 1 saturated heterocycles. The average molecular weight is 266 g/mol. The molecule has 5 heteroatoms. The van der Waals surface area contributed by atoms with Gasteiger partial charge in [-0.25, -0.2) is 0 Å². The molecule has 1 aliphatic heterocycles. The maximum Gasteiger partial charge on any atom is 0.0992 e. The van der Waals surface area contributed by atoms with Crippen LogP contribution in [0, 0.1) is 11.3 Å². The average Bonchev–Trinajstić information content (AvgIpc) is 2.40. The number of anilines is 1. The highest BCUT2D eigenvalue weighted by Crippen LogP contribution is 2.28. The van der Waals surface area contributed by atoms with Crippen molar-refractivity contribution in [2.45, 2.75) is 6.04 Å². The number of benzene rings is 1. The molecule has 1 atom stereocenters. The summed E-state index contributed by atoms with van der Waals surface area (Å²) in [6.45, 7) is 2.57. The normalized spacial score (nSPS) is 20.8. The summed E-state index contributed by atoms with van der Waals surface area (Å²) >= 11 is 6.19. The topological polar surface area (TPSA) is 50.5 Å². The molecule has 1 fully saturated rings. The molecule has 0 radical (unpaired) electrons. The Kier molecular flexibility index (Phi) is 4.07. The fourth-order valence-corrected chi connectivity index (χ4v) is 2.42. The smallest absolute Gasteiger partial charge is 0.0992 e. The van der Waals surface area contributed by atoms with Gasteiger partial charge in [-0.3, -0.25) is 4.90 Å². The van der Waals surface area contributed by atoms with E-state index >= 15 is 0 Å². The van der Waals surface area contributed by atoms with Gasteiger partial charge in [0.25, 0.3) is 0 Å². The molecule has 1 aromatic rings. The number of likely N-dealkylation sites (N-methyl/N-ethyl adjacent to an activating group) is 1. The van der Waals surface area contributed by atoms with Crippen LogP contribution in [0.2, 0.25) is 5.02 Å². The van der Waals surface area contributed by atoms with Gasteiger partial charge in [-0.1, -0.05) is 11.6 Å². The summed E-state index contributed by atoms with van der Waals surface area (Å²) in [5.74, 6) is 0. The third-order valence-corrected chi connectivity index (χ3v) is 3.72. The van der Waals surface area contributed by atoms with Crippen molar-refractivity contribution >= 4 is 17.3 Å². The minimum absolute atomic E-state index is 0.112. The van der Waals surface area contributed by atoms with Crippen molar-refractivity contribution in [3.05, 3.63) is 28.8 Å². The van der Waals surface area contributed by atoms with Gasteiger partial charge in [-0.05, 0) is 25.2 Å². The van der Waals surface area contributed by atoms with Crippen LogP contribution >= 0.6 is 11.6 Å². The van der Waals surface area contributed by atoms with E-state index in [-0.39, 0.29) is 12.6 Å². The largest absolute Gasteiger partial charge is 0.395 e. The Morgan fingerprint density at radius 1 is 1.50 bits per heavy atom. The minimum atomic E-state index is 0.112. The van der Waals surface area contributed by atoms with Gasteiger partial charge in [0.05, 0.1) is 35.0 Å². The van der Waals surface area contributed by atoms with Crippen molar-refractivity contribution in [2.24, 2.45) is 0 Å². The molecule has 0 aliphatic carbocycles. The maximum absolute atomic E-state index is 9.34. The first-order valence-corrected chi connectivity index (χ1v) is 6.29. The van der Waals surface area contributed by atoms with Crippen LogP contribution in [0.1, 0.15) is 5.56 Å². The number of rotatable bonds is 2. The number of hydrogen-bond acceptors (Lipinski definition) is 4. The highest BCUT2D eigenvalue weighted by atomic mass is 35.5. The lowest BCUT2D eigenvalue weighted by Crippen LogP contribution is -2.53. The van der Waals surface area contributed by atoms with Crippen molar-refractivity contribution in [1.29, 1.82) is 5.26 Å². The van der Waals surface area contributed by atoms with E-state index in [1.165, 1.54) is 0 Å². The third-order valence-electron chi connectivity index (χ3n) is 3.40. The lowest BCUT2D eigenvalue weighted by Gasteiger charge is -2.40. The Hall–Kier alpha value is -1.28. The standard InChI is InChI=1S/C13H16ClN3O/c1-16-4-5-17(8-11(16)9-18)13-6-10(7-15)2-3-12(13)14/h2-3,6,11,18H,4-5,8-9H2,1H3. The predicted molar refractivity (Wildman–Crippen MR) is 71.9 cm³/mol. The van der Waals surface area contributed by atoms with Crippen LogP contribution in [0.3, 0.4) is 0 Å². The van der Waals surface area contributed by atoms with E-state index in [1.54, 1.807) is 12.1 Å². The summed E-state index contributed by atoms with van der Waals surface area (Å²) in [6.07, 6.45) is 0. The quantitative estimate of drug-likeness (QED) is 0.876. The maximum atomic E-state index is 9.34. The Labute approximate surface area is 112 Å². The van der Waals surface area contributed by atoms with Crippen LogP contribution in [-0.4, -0.2) is 49.3 Å².